The van der Waals surface area contributed by atoms with Gasteiger partial charge in [-0.15, -0.1) is 0 Å². The lowest BCUT2D eigenvalue weighted by atomic mass is 9.96. The quantitative estimate of drug-likeness (QED) is 0.660. The van der Waals surface area contributed by atoms with Crippen LogP contribution in [-0.4, -0.2) is 15.5 Å². The number of carbonyl (C=O) groups is 1. The van der Waals surface area contributed by atoms with Gasteiger partial charge in [0, 0.05) is 24.5 Å². The van der Waals surface area contributed by atoms with Crippen LogP contribution in [0.2, 0.25) is 0 Å². The summed E-state index contributed by atoms with van der Waals surface area (Å²) >= 11 is 0. The summed E-state index contributed by atoms with van der Waals surface area (Å²) in [5, 5.41) is 3.20. The number of carbonyl (C=O) groups excluding carboxylic acids is 1. The van der Waals surface area contributed by atoms with Gasteiger partial charge in [-0.05, 0) is 42.5 Å². The lowest BCUT2D eigenvalue weighted by Gasteiger charge is -2.21. The highest BCUT2D eigenvalue weighted by molar-refractivity contribution is 5.94. The first kappa shape index (κ1) is 18.9. The van der Waals surface area contributed by atoms with Crippen LogP contribution in [0.3, 0.4) is 0 Å². The highest BCUT2D eigenvalue weighted by atomic mass is 16.1. The van der Waals surface area contributed by atoms with Crippen molar-refractivity contribution in [2.45, 2.75) is 39.8 Å². The van der Waals surface area contributed by atoms with Gasteiger partial charge in [0.2, 0.25) is 0 Å². The average molecular weight is 361 g/mol. The molecule has 4 nitrogen and oxygen atoms in total. The predicted molar refractivity (Wildman–Crippen MR) is 109 cm³/mol. The molecule has 0 radical (unpaired) electrons. The SMILES string of the molecule is Cc1nccn1Cc1ccc(C(=O)N[C@@H](CC(C)C)c2ccccc2)cc1. The van der Waals surface area contributed by atoms with Crippen molar-refractivity contribution in [1.82, 2.24) is 14.9 Å². The number of nitrogens with zero attached hydrogens (tertiary/aromatic N) is 2. The molecule has 0 spiro atoms. The minimum absolute atomic E-state index is 0.0203. The summed E-state index contributed by atoms with van der Waals surface area (Å²) in [6.45, 7) is 7.10. The first-order chi connectivity index (χ1) is 13.0. The van der Waals surface area contributed by atoms with E-state index in [0.717, 1.165) is 29.9 Å². The second-order valence-electron chi connectivity index (χ2n) is 7.37. The third-order valence-electron chi connectivity index (χ3n) is 4.71. The van der Waals surface area contributed by atoms with Crippen LogP contribution in [0.15, 0.2) is 67.0 Å². The molecular formula is C23H27N3O. The average Bonchev–Trinajstić information content (AvgIpc) is 3.07. The molecule has 0 saturated heterocycles. The summed E-state index contributed by atoms with van der Waals surface area (Å²) in [5.41, 5.74) is 2.98. The fourth-order valence-corrected chi connectivity index (χ4v) is 3.21. The van der Waals surface area contributed by atoms with Crippen LogP contribution < -0.4 is 5.32 Å². The first-order valence-electron chi connectivity index (χ1n) is 9.45. The Morgan fingerprint density at radius 1 is 1.07 bits per heavy atom. The van der Waals surface area contributed by atoms with E-state index in [-0.39, 0.29) is 11.9 Å². The van der Waals surface area contributed by atoms with Crippen LogP contribution in [0, 0.1) is 12.8 Å². The fraction of sp³-hybridized carbons (Fsp3) is 0.304. The summed E-state index contributed by atoms with van der Waals surface area (Å²) in [6.07, 6.45) is 4.68. The Labute approximate surface area is 161 Å². The predicted octanol–water partition coefficient (Wildman–Crippen LogP) is 4.76. The Hall–Kier alpha value is -2.88. The van der Waals surface area contributed by atoms with Crippen LogP contribution in [0.5, 0.6) is 0 Å². The van der Waals surface area contributed by atoms with Gasteiger partial charge in [-0.1, -0.05) is 56.3 Å². The van der Waals surface area contributed by atoms with Gasteiger partial charge in [-0.2, -0.15) is 0 Å². The monoisotopic (exact) mass is 361 g/mol. The van der Waals surface area contributed by atoms with Gasteiger partial charge in [0.15, 0.2) is 0 Å². The van der Waals surface area contributed by atoms with Crippen molar-refractivity contribution in [3.05, 3.63) is 89.5 Å². The largest absolute Gasteiger partial charge is 0.345 e. The molecule has 3 aromatic rings. The smallest absolute Gasteiger partial charge is 0.251 e. The van der Waals surface area contributed by atoms with E-state index in [2.05, 4.69) is 40.8 Å². The molecule has 1 aromatic heterocycles. The Morgan fingerprint density at radius 3 is 2.37 bits per heavy atom. The van der Waals surface area contributed by atoms with Gasteiger partial charge < -0.3 is 9.88 Å². The van der Waals surface area contributed by atoms with E-state index >= 15 is 0 Å². The maximum atomic E-state index is 12.8. The molecule has 0 fully saturated rings. The molecule has 1 heterocycles. The zero-order valence-electron chi connectivity index (χ0n) is 16.2. The lowest BCUT2D eigenvalue weighted by Crippen LogP contribution is -2.29. The Kier molecular flexibility index (Phi) is 6.07. The highest BCUT2D eigenvalue weighted by Crippen LogP contribution is 2.21. The molecule has 1 atom stereocenters. The second kappa shape index (κ2) is 8.67. The zero-order chi connectivity index (χ0) is 19.2. The van der Waals surface area contributed by atoms with Gasteiger partial charge in [0.25, 0.3) is 5.91 Å². The first-order valence-corrected chi connectivity index (χ1v) is 9.45. The van der Waals surface area contributed by atoms with Gasteiger partial charge in [-0.25, -0.2) is 4.98 Å². The van der Waals surface area contributed by atoms with Crippen molar-refractivity contribution in [3.8, 4) is 0 Å². The van der Waals surface area contributed by atoms with Crippen LogP contribution >= 0.6 is 0 Å². The Morgan fingerprint density at radius 2 is 1.78 bits per heavy atom. The van der Waals surface area contributed by atoms with Gasteiger partial charge >= 0.3 is 0 Å². The summed E-state index contributed by atoms with van der Waals surface area (Å²) in [4.78, 5) is 17.0. The van der Waals surface area contributed by atoms with Crippen molar-refractivity contribution in [3.63, 3.8) is 0 Å². The van der Waals surface area contributed by atoms with Crippen LogP contribution in [-0.2, 0) is 6.54 Å². The molecule has 4 heteroatoms. The third kappa shape index (κ3) is 5.07. The minimum atomic E-state index is -0.0325. The number of amides is 1. The van der Waals surface area contributed by atoms with E-state index in [4.69, 9.17) is 0 Å². The summed E-state index contributed by atoms with van der Waals surface area (Å²) in [7, 11) is 0. The lowest BCUT2D eigenvalue weighted by molar-refractivity contribution is 0.0932. The third-order valence-corrected chi connectivity index (χ3v) is 4.71. The fourth-order valence-electron chi connectivity index (χ4n) is 3.21. The number of rotatable bonds is 7. The molecule has 0 bridgehead atoms. The molecule has 0 saturated carbocycles. The number of imidazole rings is 1. The van der Waals surface area contributed by atoms with Gasteiger partial charge in [0.05, 0.1) is 6.04 Å². The van der Waals surface area contributed by atoms with Crippen molar-refractivity contribution >= 4 is 5.91 Å². The molecule has 1 amide bonds. The van der Waals surface area contributed by atoms with Crippen LogP contribution in [0.25, 0.3) is 0 Å². The molecule has 140 valence electrons. The molecule has 3 rings (SSSR count). The van der Waals surface area contributed by atoms with E-state index in [1.54, 1.807) is 6.20 Å². The molecule has 0 aliphatic rings. The number of hydrogen-bond acceptors (Lipinski definition) is 2. The Balaban J connectivity index is 1.69. The van der Waals surface area contributed by atoms with Crippen molar-refractivity contribution in [1.29, 1.82) is 0 Å². The van der Waals surface area contributed by atoms with E-state index in [1.807, 2.05) is 55.6 Å². The van der Waals surface area contributed by atoms with Crippen LogP contribution in [0.4, 0.5) is 0 Å². The summed E-state index contributed by atoms with van der Waals surface area (Å²) in [5.74, 6) is 1.45. The normalized spacial score (nSPS) is 12.1. The highest BCUT2D eigenvalue weighted by Gasteiger charge is 2.17. The van der Waals surface area contributed by atoms with E-state index in [9.17, 15) is 4.79 Å². The molecular weight excluding hydrogens is 334 g/mol. The van der Waals surface area contributed by atoms with Gasteiger partial charge in [0.1, 0.15) is 5.82 Å². The number of benzene rings is 2. The summed E-state index contributed by atoms with van der Waals surface area (Å²) in [6, 6.07) is 18.0. The van der Waals surface area contributed by atoms with Crippen molar-refractivity contribution < 1.29 is 4.79 Å². The number of hydrogen-bond donors (Lipinski definition) is 1. The van der Waals surface area contributed by atoms with Crippen molar-refractivity contribution in [2.75, 3.05) is 0 Å². The molecule has 0 aliphatic carbocycles. The molecule has 27 heavy (non-hydrogen) atoms. The molecule has 1 N–H and O–H groups in total. The number of aromatic nitrogens is 2. The van der Waals surface area contributed by atoms with E-state index in [1.165, 1.54) is 0 Å². The number of nitrogens with one attached hydrogen (secondary N) is 1. The molecule has 0 unspecified atom stereocenters. The minimum Gasteiger partial charge on any atom is -0.345 e. The standard InChI is InChI=1S/C23H27N3O/c1-17(2)15-22(20-7-5-4-6-8-20)25-23(27)21-11-9-19(10-12-21)16-26-14-13-24-18(26)3/h4-14,17,22H,15-16H2,1-3H3,(H,25,27)/t22-/m0/s1. The van der Waals surface area contributed by atoms with E-state index < -0.39 is 0 Å². The Bertz CT molecular complexity index is 866. The number of aryl methyl sites for hydroxylation is 1. The van der Waals surface area contributed by atoms with Crippen molar-refractivity contribution in [2.24, 2.45) is 5.92 Å². The van der Waals surface area contributed by atoms with E-state index in [0.29, 0.717) is 11.5 Å². The zero-order valence-corrected chi connectivity index (χ0v) is 16.2. The second-order valence-corrected chi connectivity index (χ2v) is 7.37. The maximum absolute atomic E-state index is 12.8. The molecule has 0 aliphatic heterocycles. The van der Waals surface area contributed by atoms with Gasteiger partial charge in [-0.3, -0.25) is 4.79 Å². The maximum Gasteiger partial charge on any atom is 0.251 e. The summed E-state index contributed by atoms with van der Waals surface area (Å²) < 4.78 is 2.09. The topological polar surface area (TPSA) is 46.9 Å². The van der Waals surface area contributed by atoms with Crippen LogP contribution in [0.1, 0.15) is 53.6 Å². The molecule has 2 aromatic carbocycles.